The van der Waals surface area contributed by atoms with Gasteiger partial charge in [0.15, 0.2) is 24.8 Å². The quantitative estimate of drug-likeness (QED) is 0.270. The third-order valence-electron chi connectivity index (χ3n) is 6.12. The first-order valence-electron chi connectivity index (χ1n) is 11.3. The van der Waals surface area contributed by atoms with Gasteiger partial charge in [-0.2, -0.15) is 0 Å². The van der Waals surface area contributed by atoms with Crippen molar-refractivity contribution in [3.63, 3.8) is 0 Å². The summed E-state index contributed by atoms with van der Waals surface area (Å²) in [6.07, 6.45) is 1.54. The monoisotopic (exact) mass is 469 g/mol. The largest absolute Gasteiger partial charge is 0.482 e. The zero-order valence-electron chi connectivity index (χ0n) is 20.0. The molecule has 6 nitrogen and oxygen atoms in total. The highest BCUT2D eigenvalue weighted by atomic mass is 16.6. The number of rotatable bonds is 8. The van der Waals surface area contributed by atoms with Crippen LogP contribution in [0.3, 0.4) is 0 Å². The average Bonchev–Trinajstić information content (AvgIpc) is 3.07. The van der Waals surface area contributed by atoms with E-state index in [2.05, 4.69) is 19.9 Å². The molecule has 0 unspecified atom stereocenters. The molecule has 0 bridgehead atoms. The predicted molar refractivity (Wildman–Crippen MR) is 134 cm³/mol. The Hall–Kier alpha value is -4.19. The number of anilines is 1. The number of ether oxygens (including phenoxy) is 2. The second-order valence-corrected chi connectivity index (χ2v) is 8.87. The van der Waals surface area contributed by atoms with E-state index in [-0.39, 0.29) is 30.2 Å². The summed E-state index contributed by atoms with van der Waals surface area (Å²) in [5.74, 6) is -0.621. The number of carbonyl (C=O) groups is 3. The SMILES string of the molecule is CN1C(=CC(=O)COC(=O)COc2ccc(C(=O)c3ccccc3)cc2)C(C)(C)c2ccccc21. The fraction of sp³-hybridized carbons (Fsp3) is 0.207. The van der Waals surface area contributed by atoms with Crippen LogP contribution in [-0.2, 0) is 19.7 Å². The van der Waals surface area contributed by atoms with Crippen molar-refractivity contribution in [2.45, 2.75) is 19.3 Å². The third kappa shape index (κ3) is 5.17. The Morgan fingerprint density at radius 2 is 1.46 bits per heavy atom. The lowest BCUT2D eigenvalue weighted by Gasteiger charge is -2.23. The van der Waals surface area contributed by atoms with E-state index in [4.69, 9.17) is 9.47 Å². The first kappa shape index (κ1) is 24.0. The molecule has 0 amide bonds. The highest BCUT2D eigenvalue weighted by Gasteiger charge is 2.38. The molecule has 1 heterocycles. The van der Waals surface area contributed by atoms with Gasteiger partial charge >= 0.3 is 5.97 Å². The van der Waals surface area contributed by atoms with E-state index in [0.717, 1.165) is 16.9 Å². The van der Waals surface area contributed by atoms with Crippen LogP contribution < -0.4 is 9.64 Å². The maximum absolute atomic E-state index is 12.5. The van der Waals surface area contributed by atoms with Crippen molar-refractivity contribution in [3.8, 4) is 5.75 Å². The summed E-state index contributed by atoms with van der Waals surface area (Å²) in [5, 5.41) is 0. The number of ketones is 2. The van der Waals surface area contributed by atoms with Crippen molar-refractivity contribution in [3.05, 3.63) is 107 Å². The molecule has 0 atom stereocenters. The van der Waals surface area contributed by atoms with Gasteiger partial charge in [-0.3, -0.25) is 9.59 Å². The highest BCUT2D eigenvalue weighted by molar-refractivity contribution is 6.09. The van der Waals surface area contributed by atoms with Crippen LogP contribution in [-0.4, -0.2) is 37.8 Å². The first-order chi connectivity index (χ1) is 16.8. The van der Waals surface area contributed by atoms with Crippen LogP contribution in [0, 0.1) is 0 Å². The number of esters is 1. The Kier molecular flexibility index (Phi) is 6.82. The Morgan fingerprint density at radius 3 is 2.14 bits per heavy atom. The van der Waals surface area contributed by atoms with Gasteiger partial charge in [0, 0.05) is 41.1 Å². The van der Waals surface area contributed by atoms with Crippen LogP contribution in [0.25, 0.3) is 0 Å². The minimum absolute atomic E-state index is 0.0941. The molecular weight excluding hydrogens is 442 g/mol. The Labute approximate surface area is 204 Å². The molecular formula is C29H27NO5. The lowest BCUT2D eigenvalue weighted by Crippen LogP contribution is -2.25. The first-order valence-corrected chi connectivity index (χ1v) is 11.3. The molecule has 178 valence electrons. The molecule has 6 heteroatoms. The van der Waals surface area contributed by atoms with Gasteiger partial charge < -0.3 is 14.4 Å². The summed E-state index contributed by atoms with van der Waals surface area (Å²) in [5.41, 5.74) is 3.83. The fourth-order valence-electron chi connectivity index (χ4n) is 4.25. The van der Waals surface area contributed by atoms with Crippen molar-refractivity contribution < 1.29 is 23.9 Å². The summed E-state index contributed by atoms with van der Waals surface area (Å²) < 4.78 is 10.6. The average molecular weight is 470 g/mol. The summed E-state index contributed by atoms with van der Waals surface area (Å²) in [6, 6.07) is 23.5. The maximum atomic E-state index is 12.5. The highest BCUT2D eigenvalue weighted by Crippen LogP contribution is 2.46. The van der Waals surface area contributed by atoms with Crippen molar-refractivity contribution in [1.29, 1.82) is 0 Å². The molecule has 3 aromatic carbocycles. The van der Waals surface area contributed by atoms with Gasteiger partial charge in [0.05, 0.1) is 0 Å². The molecule has 0 spiro atoms. The molecule has 0 saturated carbocycles. The van der Waals surface area contributed by atoms with E-state index in [1.54, 1.807) is 36.4 Å². The number of likely N-dealkylation sites (N-methyl/N-ethyl adjacent to an activating group) is 1. The molecule has 0 N–H and O–H groups in total. The normalized spacial score (nSPS) is 14.9. The van der Waals surface area contributed by atoms with E-state index < -0.39 is 5.97 Å². The van der Waals surface area contributed by atoms with Gasteiger partial charge in [0.2, 0.25) is 0 Å². The lowest BCUT2D eigenvalue weighted by atomic mass is 9.83. The molecule has 4 rings (SSSR count). The molecule has 1 aliphatic rings. The van der Waals surface area contributed by atoms with E-state index in [9.17, 15) is 14.4 Å². The van der Waals surface area contributed by atoms with Crippen molar-refractivity contribution in [2.24, 2.45) is 0 Å². The molecule has 35 heavy (non-hydrogen) atoms. The maximum Gasteiger partial charge on any atom is 0.344 e. The molecule has 0 radical (unpaired) electrons. The number of carbonyl (C=O) groups excluding carboxylic acids is 3. The number of para-hydroxylation sites is 1. The third-order valence-corrected chi connectivity index (χ3v) is 6.12. The van der Waals surface area contributed by atoms with Gasteiger partial charge in [-0.1, -0.05) is 62.4 Å². The zero-order valence-corrected chi connectivity index (χ0v) is 20.0. The molecule has 1 aliphatic heterocycles. The number of benzene rings is 3. The van der Waals surface area contributed by atoms with Crippen molar-refractivity contribution in [1.82, 2.24) is 0 Å². The van der Waals surface area contributed by atoms with Crippen LogP contribution in [0.2, 0.25) is 0 Å². The Morgan fingerprint density at radius 1 is 0.829 bits per heavy atom. The predicted octanol–water partition coefficient (Wildman–Crippen LogP) is 4.72. The molecule has 0 aliphatic carbocycles. The van der Waals surface area contributed by atoms with Crippen LogP contribution in [0.1, 0.15) is 35.3 Å². The molecule has 3 aromatic rings. The topological polar surface area (TPSA) is 72.9 Å². The number of allylic oxidation sites excluding steroid dienone is 1. The number of hydrogen-bond donors (Lipinski definition) is 0. The summed E-state index contributed by atoms with van der Waals surface area (Å²) in [7, 11) is 1.92. The summed E-state index contributed by atoms with van der Waals surface area (Å²) in [4.78, 5) is 39.1. The van der Waals surface area contributed by atoms with Crippen molar-refractivity contribution >= 4 is 23.2 Å². The van der Waals surface area contributed by atoms with Crippen LogP contribution in [0.5, 0.6) is 5.75 Å². The lowest BCUT2D eigenvalue weighted by molar-refractivity contribution is -0.148. The van der Waals surface area contributed by atoms with Gasteiger partial charge in [0.1, 0.15) is 5.75 Å². The van der Waals surface area contributed by atoms with Crippen LogP contribution >= 0.6 is 0 Å². The van der Waals surface area contributed by atoms with Gasteiger partial charge in [0.25, 0.3) is 0 Å². The van der Waals surface area contributed by atoms with E-state index >= 15 is 0 Å². The molecule has 0 aromatic heterocycles. The Balaban J connectivity index is 1.28. The molecule has 0 saturated heterocycles. The smallest absolute Gasteiger partial charge is 0.344 e. The van der Waals surface area contributed by atoms with Crippen LogP contribution in [0.15, 0.2) is 90.6 Å². The standard InChI is InChI=1S/C29H27NO5/c1-29(2)24-11-7-8-12-25(24)30(3)26(29)17-22(31)18-35-27(32)19-34-23-15-13-21(14-16-23)28(33)20-9-5-4-6-10-20/h4-17H,18-19H2,1-3H3. The fourth-order valence-corrected chi connectivity index (χ4v) is 4.25. The number of fused-ring (bicyclic) bond motifs is 1. The number of nitrogens with zero attached hydrogens (tertiary/aromatic N) is 1. The van der Waals surface area contributed by atoms with E-state index in [1.807, 2.05) is 48.3 Å². The van der Waals surface area contributed by atoms with Gasteiger partial charge in [-0.15, -0.1) is 0 Å². The summed E-state index contributed by atoms with van der Waals surface area (Å²) >= 11 is 0. The second kappa shape index (κ2) is 9.97. The zero-order chi connectivity index (χ0) is 25.0. The van der Waals surface area contributed by atoms with Gasteiger partial charge in [-0.05, 0) is 35.9 Å². The van der Waals surface area contributed by atoms with E-state index in [0.29, 0.717) is 16.9 Å². The minimum Gasteiger partial charge on any atom is -0.482 e. The minimum atomic E-state index is -0.650. The van der Waals surface area contributed by atoms with E-state index in [1.165, 1.54) is 6.08 Å². The van der Waals surface area contributed by atoms with Gasteiger partial charge in [-0.25, -0.2) is 4.79 Å². The second-order valence-electron chi connectivity index (χ2n) is 8.87. The summed E-state index contributed by atoms with van der Waals surface area (Å²) in [6.45, 7) is 3.42. The Bertz CT molecular complexity index is 1280. The number of hydrogen-bond acceptors (Lipinski definition) is 6. The van der Waals surface area contributed by atoms with Crippen molar-refractivity contribution in [2.75, 3.05) is 25.2 Å². The molecule has 0 fully saturated rings. The van der Waals surface area contributed by atoms with Crippen LogP contribution in [0.4, 0.5) is 5.69 Å².